The average molecular weight is 490 g/mol. The molecule has 1 unspecified atom stereocenters. The van der Waals surface area contributed by atoms with E-state index in [0.29, 0.717) is 26.3 Å². The van der Waals surface area contributed by atoms with Crippen molar-refractivity contribution in [1.82, 2.24) is 15.1 Å². The lowest BCUT2D eigenvalue weighted by molar-refractivity contribution is -0.141. The van der Waals surface area contributed by atoms with E-state index in [1.54, 1.807) is 17.0 Å². The second-order valence-corrected chi connectivity index (χ2v) is 8.87. The Hall–Kier alpha value is -3.55. The summed E-state index contributed by atoms with van der Waals surface area (Å²) in [6, 6.07) is 24.0. The lowest BCUT2D eigenvalue weighted by Gasteiger charge is -2.32. The Morgan fingerprint density at radius 3 is 2.19 bits per heavy atom. The molecule has 188 valence electrons. The quantitative estimate of drug-likeness (QED) is 0.473. The molecule has 0 saturated carbocycles. The Balaban J connectivity index is 1.58. The van der Waals surface area contributed by atoms with E-state index in [4.69, 9.17) is 4.74 Å². The minimum atomic E-state index is -0.822. The molecule has 0 aromatic heterocycles. The van der Waals surface area contributed by atoms with Crippen molar-refractivity contribution in [3.05, 3.63) is 107 Å². The fraction of sp³-hybridized carbons (Fsp3) is 0.310. The van der Waals surface area contributed by atoms with E-state index in [1.807, 2.05) is 60.7 Å². The van der Waals surface area contributed by atoms with Gasteiger partial charge in [-0.3, -0.25) is 14.5 Å². The summed E-state index contributed by atoms with van der Waals surface area (Å²) >= 11 is 0. The van der Waals surface area contributed by atoms with Crippen molar-refractivity contribution >= 4 is 11.8 Å². The monoisotopic (exact) mass is 489 g/mol. The zero-order chi connectivity index (χ0) is 25.2. The molecule has 0 bridgehead atoms. The number of ether oxygens (including phenoxy) is 1. The van der Waals surface area contributed by atoms with Crippen molar-refractivity contribution in [3.63, 3.8) is 0 Å². The van der Waals surface area contributed by atoms with Gasteiger partial charge in [-0.15, -0.1) is 0 Å². The number of benzene rings is 3. The summed E-state index contributed by atoms with van der Waals surface area (Å²) in [5, 5.41) is 3.05. The lowest BCUT2D eigenvalue weighted by Crippen LogP contribution is -2.46. The third-order valence-electron chi connectivity index (χ3n) is 6.29. The molecule has 1 saturated heterocycles. The second-order valence-electron chi connectivity index (χ2n) is 8.87. The maximum Gasteiger partial charge on any atom is 0.247 e. The number of rotatable bonds is 10. The van der Waals surface area contributed by atoms with E-state index in [1.165, 1.54) is 12.1 Å². The fourth-order valence-electron chi connectivity index (χ4n) is 4.35. The summed E-state index contributed by atoms with van der Waals surface area (Å²) in [6.07, 6.45) is 0.159. The van der Waals surface area contributed by atoms with Crippen LogP contribution in [0.4, 0.5) is 4.39 Å². The molecule has 1 heterocycles. The normalized spacial score (nSPS) is 14.7. The van der Waals surface area contributed by atoms with E-state index >= 15 is 0 Å². The van der Waals surface area contributed by atoms with Crippen molar-refractivity contribution in [2.75, 3.05) is 39.4 Å². The van der Waals surface area contributed by atoms with Crippen molar-refractivity contribution < 1.29 is 18.7 Å². The predicted octanol–water partition coefficient (Wildman–Crippen LogP) is 3.59. The number of hydrogen-bond donors (Lipinski definition) is 1. The summed E-state index contributed by atoms with van der Waals surface area (Å²) in [5.41, 5.74) is 2.34. The van der Waals surface area contributed by atoms with Crippen LogP contribution in [-0.2, 0) is 27.3 Å². The molecule has 1 aliphatic heterocycles. The highest BCUT2D eigenvalue weighted by atomic mass is 19.1. The van der Waals surface area contributed by atoms with Gasteiger partial charge < -0.3 is 15.0 Å². The van der Waals surface area contributed by atoms with Gasteiger partial charge in [-0.1, -0.05) is 72.8 Å². The van der Waals surface area contributed by atoms with Crippen molar-refractivity contribution in [2.24, 2.45) is 0 Å². The first-order valence-electron chi connectivity index (χ1n) is 12.3. The number of nitrogens with one attached hydrogen (secondary N) is 1. The van der Waals surface area contributed by atoms with Crippen molar-refractivity contribution in [1.29, 1.82) is 0 Å². The minimum absolute atomic E-state index is 0.159. The summed E-state index contributed by atoms with van der Waals surface area (Å²) in [4.78, 5) is 31.1. The Morgan fingerprint density at radius 2 is 1.53 bits per heavy atom. The maximum absolute atomic E-state index is 13.7. The van der Waals surface area contributed by atoms with Gasteiger partial charge in [0.1, 0.15) is 11.9 Å². The third-order valence-corrected chi connectivity index (χ3v) is 6.29. The van der Waals surface area contributed by atoms with Crippen molar-refractivity contribution in [2.45, 2.75) is 19.0 Å². The van der Waals surface area contributed by atoms with Crippen LogP contribution >= 0.6 is 0 Å². The van der Waals surface area contributed by atoms with Crippen molar-refractivity contribution in [3.8, 4) is 0 Å². The number of carbonyl (C=O) groups is 2. The maximum atomic E-state index is 13.7. The van der Waals surface area contributed by atoms with E-state index in [9.17, 15) is 14.0 Å². The zero-order valence-electron chi connectivity index (χ0n) is 20.3. The largest absolute Gasteiger partial charge is 0.379 e. The standard InChI is InChI=1S/C29H32FN3O3/c30-26-13-11-24(12-14-26)22-33(27(34)21-23-7-3-1-4-8-23)28(25-9-5-2-6-10-25)29(35)31-15-16-32-17-19-36-20-18-32/h1-14,28H,15-22H2,(H,31,35). The van der Waals surface area contributed by atoms with Crippen LogP contribution < -0.4 is 5.32 Å². The summed E-state index contributed by atoms with van der Waals surface area (Å²) in [5.74, 6) is -0.762. The van der Waals surface area contributed by atoms with E-state index in [0.717, 1.165) is 29.8 Å². The number of carbonyl (C=O) groups excluding carboxylic acids is 2. The Morgan fingerprint density at radius 1 is 0.889 bits per heavy atom. The van der Waals surface area contributed by atoms with Crippen LogP contribution in [0.3, 0.4) is 0 Å². The van der Waals surface area contributed by atoms with Crippen LogP contribution in [-0.4, -0.2) is 61.0 Å². The number of morpholine rings is 1. The highest BCUT2D eigenvalue weighted by Crippen LogP contribution is 2.25. The minimum Gasteiger partial charge on any atom is -0.379 e. The van der Waals surface area contributed by atoms with Gasteiger partial charge in [0.05, 0.1) is 19.6 Å². The smallest absolute Gasteiger partial charge is 0.247 e. The van der Waals surface area contributed by atoms with E-state index < -0.39 is 6.04 Å². The molecule has 3 aromatic rings. The summed E-state index contributed by atoms with van der Waals surface area (Å²) < 4.78 is 19.0. The Kier molecular flexibility index (Phi) is 9.19. The molecule has 1 N–H and O–H groups in total. The van der Waals surface area contributed by atoms with Crippen LogP contribution in [0.25, 0.3) is 0 Å². The van der Waals surface area contributed by atoms with Gasteiger partial charge >= 0.3 is 0 Å². The molecule has 3 aromatic carbocycles. The molecule has 1 aliphatic rings. The van der Waals surface area contributed by atoms with Crippen LogP contribution in [0.1, 0.15) is 22.7 Å². The fourth-order valence-corrected chi connectivity index (χ4v) is 4.35. The van der Waals surface area contributed by atoms with Crippen LogP contribution in [0.5, 0.6) is 0 Å². The SMILES string of the molecule is O=C(NCCN1CCOCC1)C(c1ccccc1)N(Cc1ccc(F)cc1)C(=O)Cc1ccccc1. The summed E-state index contributed by atoms with van der Waals surface area (Å²) in [6.45, 7) is 4.43. The number of hydrogen-bond acceptors (Lipinski definition) is 4. The molecule has 6 nitrogen and oxygen atoms in total. The molecule has 7 heteroatoms. The van der Waals surface area contributed by atoms with E-state index in [-0.39, 0.29) is 30.6 Å². The zero-order valence-corrected chi connectivity index (χ0v) is 20.3. The molecule has 2 amide bonds. The highest BCUT2D eigenvalue weighted by molar-refractivity contribution is 5.89. The van der Waals surface area contributed by atoms with Crippen LogP contribution in [0.2, 0.25) is 0 Å². The molecular formula is C29H32FN3O3. The van der Waals surface area contributed by atoms with Gasteiger partial charge in [-0.05, 0) is 28.8 Å². The van der Waals surface area contributed by atoms with Crippen LogP contribution in [0, 0.1) is 5.82 Å². The van der Waals surface area contributed by atoms with Gasteiger partial charge in [-0.25, -0.2) is 4.39 Å². The third kappa shape index (κ3) is 7.23. The molecular weight excluding hydrogens is 457 g/mol. The van der Waals surface area contributed by atoms with Gasteiger partial charge in [-0.2, -0.15) is 0 Å². The Bertz CT molecular complexity index is 1100. The van der Waals surface area contributed by atoms with E-state index in [2.05, 4.69) is 10.2 Å². The average Bonchev–Trinajstić information content (AvgIpc) is 2.91. The molecule has 1 atom stereocenters. The molecule has 0 radical (unpaired) electrons. The first-order chi connectivity index (χ1) is 17.6. The van der Waals surface area contributed by atoms with Gasteiger partial charge in [0.2, 0.25) is 11.8 Å². The summed E-state index contributed by atoms with van der Waals surface area (Å²) in [7, 11) is 0. The molecule has 36 heavy (non-hydrogen) atoms. The topological polar surface area (TPSA) is 61.9 Å². The highest BCUT2D eigenvalue weighted by Gasteiger charge is 2.31. The number of amides is 2. The Labute approximate surface area is 211 Å². The first kappa shape index (κ1) is 25.5. The predicted molar refractivity (Wildman–Crippen MR) is 137 cm³/mol. The van der Waals surface area contributed by atoms with Gasteiger partial charge in [0.25, 0.3) is 0 Å². The van der Waals surface area contributed by atoms with Crippen LogP contribution in [0.15, 0.2) is 84.9 Å². The molecule has 4 rings (SSSR count). The van der Waals surface area contributed by atoms with Gasteiger partial charge in [0, 0.05) is 32.7 Å². The van der Waals surface area contributed by atoms with Gasteiger partial charge in [0.15, 0.2) is 0 Å². The lowest BCUT2D eigenvalue weighted by atomic mass is 10.0. The first-order valence-corrected chi connectivity index (χ1v) is 12.3. The molecule has 0 aliphatic carbocycles. The second kappa shape index (κ2) is 13.0. The molecule has 1 fully saturated rings. The number of halogens is 1. The number of nitrogens with zero attached hydrogens (tertiary/aromatic N) is 2. The molecule has 0 spiro atoms.